The normalized spacial score (nSPS) is 15.6. The van der Waals surface area contributed by atoms with E-state index >= 15 is 0 Å². The molecule has 2 unspecified atom stereocenters. The summed E-state index contributed by atoms with van der Waals surface area (Å²) < 4.78 is 75.6. The molecule has 0 spiro atoms. The highest BCUT2D eigenvalue weighted by Crippen LogP contribution is 2.38. The second kappa shape index (κ2) is 5.55. The summed E-state index contributed by atoms with van der Waals surface area (Å²) in [6.45, 7) is 0.973. The zero-order valence-electron chi connectivity index (χ0n) is 10.5. The summed E-state index contributed by atoms with van der Waals surface area (Å²) in [5.41, 5.74) is -3.97. The van der Waals surface area contributed by atoms with E-state index in [1.165, 1.54) is 0 Å². The molecule has 1 aromatic carbocycles. The van der Waals surface area contributed by atoms with Crippen molar-refractivity contribution in [3.63, 3.8) is 0 Å². The van der Waals surface area contributed by atoms with Crippen molar-refractivity contribution < 1.29 is 41.4 Å². The van der Waals surface area contributed by atoms with Crippen molar-refractivity contribution in [1.82, 2.24) is 0 Å². The predicted octanol–water partition coefficient (Wildman–Crippen LogP) is 3.48. The van der Waals surface area contributed by atoms with Gasteiger partial charge in [-0.05, 0) is 30.7 Å². The third-order valence-corrected chi connectivity index (χ3v) is 2.81. The molecule has 0 heterocycles. The highest BCUT2D eigenvalue weighted by molar-refractivity contribution is 5.70. The molecule has 0 aliphatic rings. The van der Waals surface area contributed by atoms with E-state index in [1.54, 1.807) is 0 Å². The van der Waals surface area contributed by atoms with Gasteiger partial charge >= 0.3 is 18.3 Å². The lowest BCUT2D eigenvalue weighted by molar-refractivity contribution is -0.145. The molecular weight excluding hydrogens is 306 g/mol. The Morgan fingerprint density at radius 2 is 1.38 bits per heavy atom. The average molecular weight is 316 g/mol. The zero-order valence-corrected chi connectivity index (χ0v) is 10.5. The summed E-state index contributed by atoms with van der Waals surface area (Å²) in [5, 5.41) is 18.3. The van der Waals surface area contributed by atoms with Crippen molar-refractivity contribution in [3.05, 3.63) is 34.9 Å². The van der Waals surface area contributed by atoms with E-state index in [9.17, 15) is 36.2 Å². The van der Waals surface area contributed by atoms with E-state index in [2.05, 4.69) is 0 Å². The van der Waals surface area contributed by atoms with Crippen LogP contribution in [-0.2, 0) is 17.1 Å². The van der Waals surface area contributed by atoms with Crippen LogP contribution in [0.5, 0.6) is 0 Å². The molecule has 1 aromatic rings. The number of halogens is 6. The van der Waals surface area contributed by atoms with Crippen LogP contribution in [0.15, 0.2) is 18.2 Å². The molecule has 21 heavy (non-hydrogen) atoms. The SMILES string of the molecule is CC(C(=O)O)C(O)c1cc(C(F)(F)F)cc(C(F)(F)F)c1. The number of carbonyl (C=O) groups is 1. The van der Waals surface area contributed by atoms with E-state index in [0.29, 0.717) is 12.1 Å². The van der Waals surface area contributed by atoms with Crippen LogP contribution in [0.1, 0.15) is 29.7 Å². The van der Waals surface area contributed by atoms with Gasteiger partial charge in [-0.2, -0.15) is 26.3 Å². The molecule has 0 radical (unpaired) electrons. The largest absolute Gasteiger partial charge is 0.481 e. The lowest BCUT2D eigenvalue weighted by Crippen LogP contribution is -2.20. The lowest BCUT2D eigenvalue weighted by atomic mass is 9.94. The van der Waals surface area contributed by atoms with Gasteiger partial charge < -0.3 is 10.2 Å². The van der Waals surface area contributed by atoms with Gasteiger partial charge in [-0.25, -0.2) is 0 Å². The van der Waals surface area contributed by atoms with E-state index in [0.717, 1.165) is 6.92 Å². The molecule has 0 aliphatic carbocycles. The molecule has 2 N–H and O–H groups in total. The van der Waals surface area contributed by atoms with Crippen molar-refractivity contribution in [1.29, 1.82) is 0 Å². The second-order valence-corrected chi connectivity index (χ2v) is 4.41. The standard InChI is InChI=1S/C12H10F6O3/c1-5(10(20)21)9(19)6-2-7(11(13,14)15)4-8(3-6)12(16,17)18/h2-5,9,19H,1H3,(H,20,21). The molecule has 0 saturated carbocycles. The minimum atomic E-state index is -5.05. The Morgan fingerprint density at radius 3 is 1.67 bits per heavy atom. The fraction of sp³-hybridized carbons (Fsp3) is 0.417. The number of rotatable bonds is 3. The highest BCUT2D eigenvalue weighted by atomic mass is 19.4. The third kappa shape index (κ3) is 4.10. The highest BCUT2D eigenvalue weighted by Gasteiger charge is 2.38. The van der Waals surface area contributed by atoms with Gasteiger partial charge in [-0.3, -0.25) is 4.79 Å². The first-order chi connectivity index (χ1) is 9.34. The van der Waals surface area contributed by atoms with Crippen LogP contribution in [0, 0.1) is 5.92 Å². The van der Waals surface area contributed by atoms with Gasteiger partial charge in [-0.1, -0.05) is 0 Å². The maximum atomic E-state index is 12.6. The molecule has 9 heteroatoms. The second-order valence-electron chi connectivity index (χ2n) is 4.41. The van der Waals surface area contributed by atoms with Crippen LogP contribution in [0.3, 0.4) is 0 Å². The van der Waals surface area contributed by atoms with E-state index in [-0.39, 0.29) is 6.07 Å². The van der Waals surface area contributed by atoms with E-state index in [1.807, 2.05) is 0 Å². The molecular formula is C12H10F6O3. The number of benzene rings is 1. The first-order valence-corrected chi connectivity index (χ1v) is 5.54. The van der Waals surface area contributed by atoms with Gasteiger partial charge in [-0.15, -0.1) is 0 Å². The Kier molecular flexibility index (Phi) is 4.57. The molecule has 0 aromatic heterocycles. The molecule has 0 fully saturated rings. The predicted molar refractivity (Wildman–Crippen MR) is 58.2 cm³/mol. The zero-order chi connectivity index (χ0) is 16.6. The molecule has 0 aliphatic heterocycles. The molecule has 0 bridgehead atoms. The number of carboxylic acid groups (broad SMARTS) is 1. The minimum Gasteiger partial charge on any atom is -0.481 e. The third-order valence-electron chi connectivity index (χ3n) is 2.81. The summed E-state index contributed by atoms with van der Waals surface area (Å²) in [6, 6.07) is 0.514. The van der Waals surface area contributed by atoms with Crippen molar-refractivity contribution in [2.45, 2.75) is 25.4 Å². The topological polar surface area (TPSA) is 57.5 Å². The van der Waals surface area contributed by atoms with Gasteiger partial charge in [0.25, 0.3) is 0 Å². The van der Waals surface area contributed by atoms with Gasteiger partial charge in [0.05, 0.1) is 23.1 Å². The molecule has 0 amide bonds. The summed E-state index contributed by atoms with van der Waals surface area (Å²) in [6.07, 6.45) is -12.1. The molecule has 2 atom stereocenters. The maximum absolute atomic E-state index is 12.6. The number of aliphatic hydroxyl groups excluding tert-OH is 1. The smallest absolute Gasteiger partial charge is 0.416 e. The summed E-state index contributed by atoms with van der Waals surface area (Å²) >= 11 is 0. The number of aliphatic carboxylic acids is 1. The minimum absolute atomic E-state index is 0.0956. The lowest BCUT2D eigenvalue weighted by Gasteiger charge is -2.19. The van der Waals surface area contributed by atoms with E-state index in [4.69, 9.17) is 5.11 Å². The summed E-state index contributed by atoms with van der Waals surface area (Å²) in [4.78, 5) is 10.7. The van der Waals surface area contributed by atoms with Crippen LogP contribution < -0.4 is 0 Å². The Morgan fingerprint density at radius 1 is 1.00 bits per heavy atom. The van der Waals surface area contributed by atoms with Crippen molar-refractivity contribution in [2.75, 3.05) is 0 Å². The Bertz CT molecular complexity index is 503. The molecule has 118 valence electrons. The van der Waals surface area contributed by atoms with Gasteiger partial charge in [0.1, 0.15) is 0 Å². The number of carboxylic acids is 1. The van der Waals surface area contributed by atoms with Crippen molar-refractivity contribution in [3.8, 4) is 0 Å². The molecule has 1 rings (SSSR count). The van der Waals surface area contributed by atoms with Crippen LogP contribution in [0.25, 0.3) is 0 Å². The van der Waals surface area contributed by atoms with Gasteiger partial charge in [0.2, 0.25) is 0 Å². The molecule has 3 nitrogen and oxygen atoms in total. The van der Waals surface area contributed by atoms with Crippen LogP contribution >= 0.6 is 0 Å². The quantitative estimate of drug-likeness (QED) is 0.840. The summed E-state index contributed by atoms with van der Waals surface area (Å²) in [5.74, 6) is -3.11. The van der Waals surface area contributed by atoms with Crippen molar-refractivity contribution in [2.24, 2.45) is 5.92 Å². The molecule has 0 saturated heterocycles. The fourth-order valence-corrected chi connectivity index (χ4v) is 1.57. The Balaban J connectivity index is 3.42. The number of hydrogen-bond acceptors (Lipinski definition) is 2. The maximum Gasteiger partial charge on any atom is 0.416 e. The fourth-order valence-electron chi connectivity index (χ4n) is 1.57. The van der Waals surface area contributed by atoms with Crippen LogP contribution in [0.4, 0.5) is 26.3 Å². The van der Waals surface area contributed by atoms with Crippen LogP contribution in [0.2, 0.25) is 0 Å². The number of aliphatic hydroxyl groups is 1. The Labute approximate surface area is 114 Å². The Hall–Kier alpha value is -1.77. The van der Waals surface area contributed by atoms with Crippen LogP contribution in [-0.4, -0.2) is 16.2 Å². The first-order valence-electron chi connectivity index (χ1n) is 5.54. The first kappa shape index (κ1) is 17.3. The number of alkyl halides is 6. The van der Waals surface area contributed by atoms with Gasteiger partial charge in [0.15, 0.2) is 0 Å². The monoisotopic (exact) mass is 316 g/mol. The average Bonchev–Trinajstić information content (AvgIpc) is 2.34. The number of hydrogen-bond donors (Lipinski definition) is 2. The van der Waals surface area contributed by atoms with Gasteiger partial charge in [0, 0.05) is 0 Å². The summed E-state index contributed by atoms with van der Waals surface area (Å²) in [7, 11) is 0. The van der Waals surface area contributed by atoms with Crippen molar-refractivity contribution >= 4 is 5.97 Å². The van der Waals surface area contributed by atoms with E-state index < -0.39 is 47.0 Å².